The molecule has 7 heteroatoms. The maximum Gasteiger partial charge on any atom is 0.111 e. The van der Waals surface area contributed by atoms with Crippen molar-refractivity contribution in [2.45, 2.75) is 35.1 Å². The van der Waals surface area contributed by atoms with Crippen molar-refractivity contribution in [3.05, 3.63) is 0 Å². The van der Waals surface area contributed by atoms with E-state index >= 15 is 0 Å². The zero-order valence-electron chi connectivity index (χ0n) is 8.60. The molecular formula is C9H16O5S2. The lowest BCUT2D eigenvalue weighted by Gasteiger charge is -2.41. The van der Waals surface area contributed by atoms with Gasteiger partial charge in [0.05, 0.1) is 11.2 Å². The van der Waals surface area contributed by atoms with Crippen LogP contribution >= 0.6 is 23.5 Å². The molecule has 16 heavy (non-hydrogen) atoms. The summed E-state index contributed by atoms with van der Waals surface area (Å²) in [5.74, 6) is 1.98. The Labute approximate surface area is 102 Å². The van der Waals surface area contributed by atoms with Gasteiger partial charge in [0.2, 0.25) is 0 Å². The Kier molecular flexibility index (Phi) is 4.39. The van der Waals surface area contributed by atoms with Gasteiger partial charge in [-0.2, -0.15) is 0 Å². The Morgan fingerprint density at radius 3 is 2.19 bits per heavy atom. The predicted molar refractivity (Wildman–Crippen MR) is 62.5 cm³/mol. The summed E-state index contributed by atoms with van der Waals surface area (Å²) < 4.78 is 5.52. The van der Waals surface area contributed by atoms with Crippen LogP contribution in [0.5, 0.6) is 0 Å². The first-order chi connectivity index (χ1) is 7.65. The summed E-state index contributed by atoms with van der Waals surface area (Å²) in [5, 5.41) is 38.1. The third-order valence-corrected chi connectivity index (χ3v) is 5.99. The normalized spacial score (nSPS) is 46.1. The maximum atomic E-state index is 9.84. The predicted octanol–water partition coefficient (Wildman–Crippen LogP) is -1.37. The lowest BCUT2D eigenvalue weighted by Crippen LogP contribution is -2.60. The minimum absolute atomic E-state index is 0.0613. The first-order valence-corrected chi connectivity index (χ1v) is 7.28. The fraction of sp³-hybridized carbons (Fsp3) is 1.00. The summed E-state index contributed by atoms with van der Waals surface area (Å²) in [5.41, 5.74) is 0. The Hall–Kier alpha value is 0.500. The van der Waals surface area contributed by atoms with Crippen molar-refractivity contribution in [2.24, 2.45) is 0 Å². The molecule has 0 aromatic heterocycles. The summed E-state index contributed by atoms with van der Waals surface area (Å²) in [7, 11) is 0. The van der Waals surface area contributed by atoms with E-state index in [4.69, 9.17) is 9.84 Å². The van der Waals surface area contributed by atoms with Crippen LogP contribution in [0.1, 0.15) is 0 Å². The highest BCUT2D eigenvalue weighted by Gasteiger charge is 2.47. The van der Waals surface area contributed by atoms with E-state index in [1.54, 1.807) is 23.5 Å². The molecule has 2 rings (SSSR count). The molecule has 5 atom stereocenters. The number of rotatable bonds is 2. The van der Waals surface area contributed by atoms with E-state index in [0.717, 1.165) is 11.5 Å². The Balaban J connectivity index is 2.06. The van der Waals surface area contributed by atoms with Crippen molar-refractivity contribution in [1.82, 2.24) is 0 Å². The Bertz CT molecular complexity index is 234. The molecule has 2 saturated heterocycles. The molecule has 2 aliphatic heterocycles. The van der Waals surface area contributed by atoms with Gasteiger partial charge >= 0.3 is 0 Å². The second-order valence-corrected chi connectivity index (χ2v) is 6.70. The van der Waals surface area contributed by atoms with Crippen LogP contribution in [-0.2, 0) is 4.74 Å². The van der Waals surface area contributed by atoms with Crippen molar-refractivity contribution >= 4 is 23.5 Å². The lowest BCUT2D eigenvalue weighted by atomic mass is 9.96. The third-order valence-electron chi connectivity index (χ3n) is 2.85. The largest absolute Gasteiger partial charge is 0.394 e. The quantitative estimate of drug-likeness (QED) is 0.491. The van der Waals surface area contributed by atoms with E-state index in [1.165, 1.54) is 0 Å². The molecule has 0 saturated carbocycles. The van der Waals surface area contributed by atoms with Crippen LogP contribution in [0.4, 0.5) is 0 Å². The smallest absolute Gasteiger partial charge is 0.111 e. The molecule has 2 aliphatic rings. The molecule has 0 spiro atoms. The van der Waals surface area contributed by atoms with Gasteiger partial charge < -0.3 is 25.2 Å². The van der Waals surface area contributed by atoms with E-state index in [9.17, 15) is 15.3 Å². The van der Waals surface area contributed by atoms with Gasteiger partial charge in [-0.25, -0.2) is 0 Å². The third kappa shape index (κ3) is 2.35. The van der Waals surface area contributed by atoms with Gasteiger partial charge in [-0.15, -0.1) is 23.5 Å². The minimum atomic E-state index is -1.25. The lowest BCUT2D eigenvalue weighted by molar-refractivity contribution is -0.224. The summed E-state index contributed by atoms with van der Waals surface area (Å²) in [6, 6.07) is 0. The number of hydrogen-bond acceptors (Lipinski definition) is 7. The Morgan fingerprint density at radius 2 is 1.62 bits per heavy atom. The van der Waals surface area contributed by atoms with E-state index in [0.29, 0.717) is 0 Å². The minimum Gasteiger partial charge on any atom is -0.394 e. The van der Waals surface area contributed by atoms with Crippen LogP contribution < -0.4 is 0 Å². The molecule has 2 heterocycles. The fourth-order valence-corrected chi connectivity index (χ4v) is 4.95. The zero-order valence-corrected chi connectivity index (χ0v) is 10.2. The average Bonchev–Trinajstić information content (AvgIpc) is 2.80. The van der Waals surface area contributed by atoms with Gasteiger partial charge in [0.25, 0.3) is 0 Å². The van der Waals surface area contributed by atoms with E-state index in [1.807, 2.05) is 0 Å². The highest BCUT2D eigenvalue weighted by Crippen LogP contribution is 2.39. The number of aliphatic hydroxyl groups excluding tert-OH is 4. The summed E-state index contributed by atoms with van der Waals surface area (Å²) in [4.78, 5) is 0. The Morgan fingerprint density at radius 1 is 1.00 bits per heavy atom. The molecular weight excluding hydrogens is 252 g/mol. The summed E-state index contributed by atoms with van der Waals surface area (Å²) >= 11 is 3.34. The van der Waals surface area contributed by atoms with Gasteiger partial charge in [-0.05, 0) is 0 Å². The molecule has 5 nitrogen and oxygen atoms in total. The highest BCUT2D eigenvalue weighted by molar-refractivity contribution is 8.20. The standard InChI is InChI=1S/C9H16O5S2/c10-3-4-5(11)6(12)7(13)8(14-4)9-15-1-2-16-9/h4-13H,1-3H2. The number of hydrogen-bond donors (Lipinski definition) is 4. The molecule has 0 aliphatic carbocycles. The van der Waals surface area contributed by atoms with Gasteiger partial charge in [0, 0.05) is 11.5 Å². The SMILES string of the molecule is OCC1OC(C2SCCS2)C(O)C(O)C1O. The van der Waals surface area contributed by atoms with Gasteiger partial charge in [0.15, 0.2) is 0 Å². The molecule has 94 valence electrons. The molecule has 0 aromatic carbocycles. The van der Waals surface area contributed by atoms with Crippen LogP contribution in [0.2, 0.25) is 0 Å². The molecule has 4 N–H and O–H groups in total. The average molecular weight is 268 g/mol. The number of ether oxygens (including phenoxy) is 1. The molecule has 2 fully saturated rings. The number of thioether (sulfide) groups is 2. The summed E-state index contributed by atoms with van der Waals surface area (Å²) in [6.45, 7) is -0.358. The van der Waals surface area contributed by atoms with Crippen molar-refractivity contribution in [3.8, 4) is 0 Å². The summed E-state index contributed by atoms with van der Waals surface area (Å²) in [6.07, 6.45) is -4.93. The second-order valence-electron chi connectivity index (χ2n) is 3.90. The monoisotopic (exact) mass is 268 g/mol. The first kappa shape index (κ1) is 12.9. The van der Waals surface area contributed by atoms with Crippen molar-refractivity contribution in [2.75, 3.05) is 18.1 Å². The van der Waals surface area contributed by atoms with Gasteiger partial charge in [-0.3, -0.25) is 0 Å². The van der Waals surface area contributed by atoms with Crippen LogP contribution in [0, 0.1) is 0 Å². The van der Waals surface area contributed by atoms with Crippen molar-refractivity contribution in [1.29, 1.82) is 0 Å². The maximum absolute atomic E-state index is 9.84. The zero-order chi connectivity index (χ0) is 11.7. The van der Waals surface area contributed by atoms with E-state index in [2.05, 4.69) is 0 Å². The second kappa shape index (κ2) is 5.43. The van der Waals surface area contributed by atoms with Gasteiger partial charge in [0.1, 0.15) is 30.5 Å². The van der Waals surface area contributed by atoms with Crippen molar-refractivity contribution in [3.63, 3.8) is 0 Å². The molecule has 0 aromatic rings. The van der Waals surface area contributed by atoms with Crippen molar-refractivity contribution < 1.29 is 25.2 Å². The van der Waals surface area contributed by atoms with Crippen LogP contribution in [-0.4, -0.2) is 73.6 Å². The molecule has 0 radical (unpaired) electrons. The number of aliphatic hydroxyl groups is 4. The van der Waals surface area contributed by atoms with E-state index < -0.39 is 30.5 Å². The topological polar surface area (TPSA) is 90.2 Å². The van der Waals surface area contributed by atoms with Gasteiger partial charge in [-0.1, -0.05) is 0 Å². The molecule has 0 bridgehead atoms. The molecule has 5 unspecified atom stereocenters. The highest BCUT2D eigenvalue weighted by atomic mass is 32.2. The van der Waals surface area contributed by atoms with Crippen LogP contribution in [0.15, 0.2) is 0 Å². The molecule has 0 amide bonds. The first-order valence-electron chi connectivity index (χ1n) is 5.19. The van der Waals surface area contributed by atoms with Crippen LogP contribution in [0.3, 0.4) is 0 Å². The van der Waals surface area contributed by atoms with Crippen LogP contribution in [0.25, 0.3) is 0 Å². The van der Waals surface area contributed by atoms with E-state index in [-0.39, 0.29) is 11.2 Å². The fourth-order valence-electron chi connectivity index (χ4n) is 1.92.